The molecule has 0 aliphatic carbocycles. The van der Waals surface area contributed by atoms with Crippen molar-refractivity contribution in [2.45, 2.75) is 11.8 Å². The molecule has 1 rings (SSSR count). The van der Waals surface area contributed by atoms with E-state index >= 15 is 0 Å². The van der Waals surface area contributed by atoms with Gasteiger partial charge in [-0.25, -0.2) is 13.2 Å². The average molecular weight is 311 g/mol. The zero-order valence-corrected chi connectivity index (χ0v) is 11.9. The highest BCUT2D eigenvalue weighted by Crippen LogP contribution is 2.09. The van der Waals surface area contributed by atoms with Crippen molar-refractivity contribution in [3.05, 3.63) is 29.8 Å². The lowest BCUT2D eigenvalue weighted by molar-refractivity contribution is -0.136. The smallest absolute Gasteiger partial charge is 0.384 e. The van der Waals surface area contributed by atoms with Gasteiger partial charge in [0.1, 0.15) is 6.54 Å². The predicted molar refractivity (Wildman–Crippen MR) is 72.8 cm³/mol. The molecule has 1 aromatic carbocycles. The fraction of sp³-hybridized carbons (Fsp3) is 0.231. The van der Waals surface area contributed by atoms with Crippen molar-refractivity contribution in [1.82, 2.24) is 4.72 Å². The molecule has 0 spiro atoms. The molecule has 112 valence electrons. The molecular formula is C13H13NO6S. The van der Waals surface area contributed by atoms with Gasteiger partial charge in [0.05, 0.1) is 11.5 Å². The van der Waals surface area contributed by atoms with Crippen LogP contribution in [0.2, 0.25) is 0 Å². The normalized spacial score (nSPS) is 10.3. The summed E-state index contributed by atoms with van der Waals surface area (Å²) in [6, 6.07) is 5.34. The van der Waals surface area contributed by atoms with E-state index < -0.39 is 28.5 Å². The van der Waals surface area contributed by atoms with Crippen LogP contribution in [0.25, 0.3) is 0 Å². The van der Waals surface area contributed by atoms with Gasteiger partial charge >= 0.3 is 11.9 Å². The topological polar surface area (TPSA) is 110 Å². The molecule has 1 aromatic rings. The van der Waals surface area contributed by atoms with Crippen LogP contribution in [0.3, 0.4) is 0 Å². The van der Waals surface area contributed by atoms with E-state index in [9.17, 15) is 18.0 Å². The van der Waals surface area contributed by atoms with Crippen LogP contribution >= 0.6 is 0 Å². The molecule has 0 atom stereocenters. The van der Waals surface area contributed by atoms with Crippen LogP contribution in [0.15, 0.2) is 29.2 Å². The zero-order chi connectivity index (χ0) is 15.9. The van der Waals surface area contributed by atoms with Crippen LogP contribution in [-0.4, -0.2) is 38.6 Å². The van der Waals surface area contributed by atoms with E-state index in [4.69, 9.17) is 5.11 Å². The average Bonchev–Trinajstić information content (AvgIpc) is 2.44. The molecular weight excluding hydrogens is 298 g/mol. The number of carboxylic acid groups (broad SMARTS) is 1. The number of carbonyl (C=O) groups is 2. The number of benzene rings is 1. The third-order valence-corrected chi connectivity index (χ3v) is 3.58. The maximum atomic E-state index is 11.7. The number of esters is 1. The van der Waals surface area contributed by atoms with Gasteiger partial charge in [0, 0.05) is 11.5 Å². The second kappa shape index (κ2) is 7.42. The van der Waals surface area contributed by atoms with Gasteiger partial charge in [0.25, 0.3) is 0 Å². The number of sulfonamides is 1. The van der Waals surface area contributed by atoms with Gasteiger partial charge in [-0.15, -0.1) is 0 Å². The van der Waals surface area contributed by atoms with Crippen LogP contribution in [0.4, 0.5) is 0 Å². The van der Waals surface area contributed by atoms with E-state index in [0.29, 0.717) is 5.56 Å². The molecule has 7 nitrogen and oxygen atoms in total. The van der Waals surface area contributed by atoms with Crippen molar-refractivity contribution in [2.24, 2.45) is 0 Å². The molecule has 0 fully saturated rings. The van der Waals surface area contributed by atoms with Gasteiger partial charge in [-0.3, -0.25) is 4.79 Å². The van der Waals surface area contributed by atoms with Crippen molar-refractivity contribution in [1.29, 1.82) is 0 Å². The Bertz CT molecular complexity index is 682. The van der Waals surface area contributed by atoms with Crippen LogP contribution in [-0.2, 0) is 24.3 Å². The molecule has 0 bridgehead atoms. The van der Waals surface area contributed by atoms with Crippen molar-refractivity contribution in [3.8, 4) is 11.8 Å². The lowest BCUT2D eigenvalue weighted by Gasteiger charge is -2.04. The Labute approximate surface area is 122 Å². The fourth-order valence-electron chi connectivity index (χ4n) is 1.25. The van der Waals surface area contributed by atoms with Gasteiger partial charge < -0.3 is 9.84 Å². The molecule has 0 saturated carbocycles. The van der Waals surface area contributed by atoms with Crippen molar-refractivity contribution in [3.63, 3.8) is 0 Å². The van der Waals surface area contributed by atoms with Gasteiger partial charge in [-0.05, 0) is 31.2 Å². The monoisotopic (exact) mass is 311 g/mol. The molecule has 0 unspecified atom stereocenters. The Kier molecular flexibility index (Phi) is 5.90. The molecule has 0 amide bonds. The number of nitrogens with one attached hydrogen (secondary N) is 1. The SMILES string of the molecule is CCOC(=O)C#Cc1ccc(S(=O)(=O)NCC(=O)O)cc1. The number of rotatable bonds is 5. The fourth-order valence-corrected chi connectivity index (χ4v) is 2.22. The Balaban J connectivity index is 2.83. The highest BCUT2D eigenvalue weighted by Gasteiger charge is 2.14. The third-order valence-electron chi connectivity index (χ3n) is 2.16. The minimum absolute atomic E-state index is 0.0922. The first-order valence-electron chi connectivity index (χ1n) is 5.85. The Morgan fingerprint density at radius 3 is 2.43 bits per heavy atom. The summed E-state index contributed by atoms with van der Waals surface area (Å²) in [7, 11) is -3.88. The summed E-state index contributed by atoms with van der Waals surface area (Å²) in [5, 5.41) is 8.44. The van der Waals surface area contributed by atoms with E-state index in [2.05, 4.69) is 16.6 Å². The molecule has 0 saturated heterocycles. The number of carboxylic acids is 1. The van der Waals surface area contributed by atoms with Crippen LogP contribution in [0, 0.1) is 11.8 Å². The standard InChI is InChI=1S/C13H13NO6S/c1-2-20-13(17)8-5-10-3-6-11(7-4-10)21(18,19)14-9-12(15)16/h3-4,6-7,14H,2,9H2,1H3,(H,15,16). The third kappa shape index (κ3) is 5.64. The van der Waals surface area contributed by atoms with Gasteiger partial charge in [0.2, 0.25) is 10.0 Å². The van der Waals surface area contributed by atoms with Gasteiger partial charge in [-0.1, -0.05) is 5.92 Å². The minimum atomic E-state index is -3.88. The predicted octanol–water partition coefficient (Wildman–Crippen LogP) is -0.0359. The lowest BCUT2D eigenvalue weighted by Crippen LogP contribution is -2.29. The second-order valence-corrected chi connectivity index (χ2v) is 5.48. The van der Waals surface area contributed by atoms with Crippen LogP contribution in [0.5, 0.6) is 0 Å². The quantitative estimate of drug-likeness (QED) is 0.583. The zero-order valence-electron chi connectivity index (χ0n) is 11.1. The summed E-state index contributed by atoms with van der Waals surface area (Å²) in [5.74, 6) is 2.82. The summed E-state index contributed by atoms with van der Waals surface area (Å²) in [6.45, 7) is 1.18. The van der Waals surface area contributed by atoms with Gasteiger partial charge in [0.15, 0.2) is 0 Å². The lowest BCUT2D eigenvalue weighted by atomic mass is 10.2. The maximum absolute atomic E-state index is 11.7. The van der Waals surface area contributed by atoms with Gasteiger partial charge in [-0.2, -0.15) is 4.72 Å². The number of hydrogen-bond donors (Lipinski definition) is 2. The second-order valence-electron chi connectivity index (χ2n) is 3.71. The summed E-state index contributed by atoms with van der Waals surface area (Å²) < 4.78 is 30.0. The summed E-state index contributed by atoms with van der Waals surface area (Å²) in [5.41, 5.74) is 0.431. The minimum Gasteiger partial charge on any atom is -0.480 e. The van der Waals surface area contributed by atoms with Crippen LogP contribution in [0.1, 0.15) is 12.5 Å². The molecule has 2 N–H and O–H groups in total. The molecule has 0 aromatic heterocycles. The number of carbonyl (C=O) groups excluding carboxylic acids is 1. The summed E-state index contributed by atoms with van der Waals surface area (Å²) in [4.78, 5) is 21.3. The molecule has 0 heterocycles. The van der Waals surface area contributed by atoms with Crippen molar-refractivity contribution < 1.29 is 27.9 Å². The van der Waals surface area contributed by atoms with E-state index in [1.165, 1.54) is 24.3 Å². The van der Waals surface area contributed by atoms with E-state index in [0.717, 1.165) is 0 Å². The maximum Gasteiger partial charge on any atom is 0.384 e. The van der Waals surface area contributed by atoms with Crippen molar-refractivity contribution >= 4 is 22.0 Å². The Morgan fingerprint density at radius 1 is 1.29 bits per heavy atom. The van der Waals surface area contributed by atoms with E-state index in [1.54, 1.807) is 6.92 Å². The summed E-state index contributed by atoms with van der Waals surface area (Å²) >= 11 is 0. The van der Waals surface area contributed by atoms with Crippen LogP contribution < -0.4 is 4.72 Å². The molecule has 0 radical (unpaired) electrons. The molecule has 21 heavy (non-hydrogen) atoms. The van der Waals surface area contributed by atoms with E-state index in [1.807, 2.05) is 4.72 Å². The molecule has 8 heteroatoms. The first-order valence-corrected chi connectivity index (χ1v) is 7.33. The van der Waals surface area contributed by atoms with Crippen molar-refractivity contribution in [2.75, 3.05) is 13.2 Å². The van der Waals surface area contributed by atoms with E-state index in [-0.39, 0.29) is 11.5 Å². The highest BCUT2D eigenvalue weighted by atomic mass is 32.2. The molecule has 0 aliphatic rings. The first-order chi connectivity index (χ1) is 9.85. The summed E-state index contributed by atoms with van der Waals surface area (Å²) in [6.07, 6.45) is 0. The molecule has 0 aliphatic heterocycles. The first kappa shape index (κ1) is 16.7. The number of ether oxygens (including phenoxy) is 1. The number of hydrogen-bond acceptors (Lipinski definition) is 5. The Morgan fingerprint density at radius 2 is 1.90 bits per heavy atom. The highest BCUT2D eigenvalue weighted by molar-refractivity contribution is 7.89. The number of aliphatic carboxylic acids is 1. The largest absolute Gasteiger partial charge is 0.480 e. The Hall–Kier alpha value is -2.37.